The van der Waals surface area contributed by atoms with Gasteiger partial charge in [-0.15, -0.1) is 11.3 Å². The van der Waals surface area contributed by atoms with Gasteiger partial charge in [-0.3, -0.25) is 4.99 Å². The molecule has 0 radical (unpaired) electrons. The molecule has 6 heteroatoms. The molecule has 2 N–H and O–H groups in total. The van der Waals surface area contributed by atoms with Crippen LogP contribution < -0.4 is 15.5 Å². The van der Waals surface area contributed by atoms with Crippen molar-refractivity contribution in [3.8, 4) is 0 Å². The van der Waals surface area contributed by atoms with Crippen LogP contribution in [0.4, 0.5) is 5.13 Å². The third kappa shape index (κ3) is 4.96. The molecule has 2 rings (SSSR count). The summed E-state index contributed by atoms with van der Waals surface area (Å²) in [5, 5.41) is 9.90. The van der Waals surface area contributed by atoms with Gasteiger partial charge < -0.3 is 15.5 Å². The first-order valence-corrected chi connectivity index (χ1v) is 9.03. The van der Waals surface area contributed by atoms with Crippen molar-refractivity contribution in [2.45, 2.75) is 32.4 Å². The lowest BCUT2D eigenvalue weighted by Crippen LogP contribution is -2.43. The summed E-state index contributed by atoms with van der Waals surface area (Å²) in [6, 6.07) is 10.8. The van der Waals surface area contributed by atoms with Crippen molar-refractivity contribution in [2.24, 2.45) is 4.99 Å². The van der Waals surface area contributed by atoms with Gasteiger partial charge in [0.05, 0.1) is 12.2 Å². The zero-order valence-electron chi connectivity index (χ0n) is 15.1. The largest absolute Gasteiger partial charge is 0.354 e. The molecule has 1 aromatic heterocycles. The van der Waals surface area contributed by atoms with Crippen molar-refractivity contribution in [1.82, 2.24) is 15.6 Å². The Labute approximate surface area is 148 Å². The number of aromatic nitrogens is 1. The van der Waals surface area contributed by atoms with Crippen LogP contribution in [0.1, 0.15) is 31.0 Å². The molecule has 5 nitrogen and oxygen atoms in total. The van der Waals surface area contributed by atoms with Gasteiger partial charge >= 0.3 is 0 Å². The minimum Gasteiger partial charge on any atom is -0.354 e. The quantitative estimate of drug-likeness (QED) is 0.624. The Bertz CT molecular complexity index is 650. The van der Waals surface area contributed by atoms with E-state index in [0.29, 0.717) is 12.5 Å². The molecule has 0 saturated carbocycles. The Morgan fingerprint density at radius 1 is 1.25 bits per heavy atom. The zero-order chi connectivity index (χ0) is 17.5. The maximum atomic E-state index is 4.58. The number of rotatable bonds is 6. The molecule has 0 aliphatic carbocycles. The summed E-state index contributed by atoms with van der Waals surface area (Å²) in [7, 11) is 5.80. The standard InChI is InChI=1S/C18H27N5S/c1-13(15-9-7-6-8-10-15)14(2)21-17(19-3)20-11-16-12-24-18(22-16)23(4)5/h6-10,12-14H,11H2,1-5H3,(H2,19,20,21). The Morgan fingerprint density at radius 3 is 2.54 bits per heavy atom. The second kappa shape index (κ2) is 8.68. The van der Waals surface area contributed by atoms with E-state index in [1.54, 1.807) is 18.4 Å². The van der Waals surface area contributed by atoms with Crippen LogP contribution in [-0.4, -0.2) is 38.1 Å². The van der Waals surface area contributed by atoms with E-state index in [-0.39, 0.29) is 6.04 Å². The van der Waals surface area contributed by atoms with E-state index >= 15 is 0 Å². The highest BCUT2D eigenvalue weighted by molar-refractivity contribution is 7.13. The number of benzene rings is 1. The second-order valence-corrected chi connectivity index (χ2v) is 6.91. The smallest absolute Gasteiger partial charge is 0.191 e. The van der Waals surface area contributed by atoms with Gasteiger partial charge in [-0.05, 0) is 12.5 Å². The van der Waals surface area contributed by atoms with Gasteiger partial charge in [-0.2, -0.15) is 0 Å². The van der Waals surface area contributed by atoms with Crippen LogP contribution in [0.3, 0.4) is 0 Å². The minimum atomic E-state index is 0.270. The monoisotopic (exact) mass is 345 g/mol. The summed E-state index contributed by atoms with van der Waals surface area (Å²) in [6.45, 7) is 5.07. The molecule has 2 atom stereocenters. The lowest BCUT2D eigenvalue weighted by molar-refractivity contribution is 0.550. The van der Waals surface area contributed by atoms with Crippen LogP contribution >= 0.6 is 11.3 Å². The van der Waals surface area contributed by atoms with Crippen molar-refractivity contribution in [3.05, 3.63) is 47.0 Å². The summed E-state index contributed by atoms with van der Waals surface area (Å²) in [4.78, 5) is 10.9. The molecule has 2 aromatic rings. The molecule has 0 fully saturated rings. The fourth-order valence-electron chi connectivity index (χ4n) is 2.34. The molecule has 0 amide bonds. The van der Waals surface area contributed by atoms with Crippen LogP contribution in [0.5, 0.6) is 0 Å². The Kier molecular flexibility index (Phi) is 6.61. The third-order valence-corrected chi connectivity index (χ3v) is 5.08. The van der Waals surface area contributed by atoms with E-state index in [0.717, 1.165) is 16.8 Å². The SMILES string of the molecule is CN=C(NCc1csc(N(C)C)n1)NC(C)C(C)c1ccccc1. The van der Waals surface area contributed by atoms with E-state index in [4.69, 9.17) is 0 Å². The van der Waals surface area contributed by atoms with Crippen LogP contribution in [0, 0.1) is 0 Å². The van der Waals surface area contributed by atoms with Crippen molar-refractivity contribution in [3.63, 3.8) is 0 Å². The van der Waals surface area contributed by atoms with E-state index in [1.807, 2.05) is 25.1 Å². The fraction of sp³-hybridized carbons (Fsp3) is 0.444. The van der Waals surface area contributed by atoms with Crippen molar-refractivity contribution in [1.29, 1.82) is 0 Å². The molecule has 0 bridgehead atoms. The van der Waals surface area contributed by atoms with Crippen LogP contribution in [0.15, 0.2) is 40.7 Å². The third-order valence-electron chi connectivity index (χ3n) is 4.02. The molecule has 0 saturated heterocycles. The molecule has 1 aromatic carbocycles. The van der Waals surface area contributed by atoms with E-state index in [2.05, 4.69) is 64.1 Å². The van der Waals surface area contributed by atoms with Gasteiger partial charge in [0, 0.05) is 38.5 Å². The van der Waals surface area contributed by atoms with Crippen LogP contribution in [-0.2, 0) is 6.54 Å². The maximum Gasteiger partial charge on any atom is 0.191 e. The van der Waals surface area contributed by atoms with Crippen molar-refractivity contribution in [2.75, 3.05) is 26.0 Å². The highest BCUT2D eigenvalue weighted by atomic mass is 32.1. The van der Waals surface area contributed by atoms with Gasteiger partial charge in [-0.25, -0.2) is 4.98 Å². The zero-order valence-corrected chi connectivity index (χ0v) is 15.9. The molecule has 2 unspecified atom stereocenters. The van der Waals surface area contributed by atoms with Gasteiger partial charge in [0.15, 0.2) is 11.1 Å². The normalized spacial score (nSPS) is 14.1. The highest BCUT2D eigenvalue weighted by Gasteiger charge is 2.15. The molecular formula is C18H27N5S. The van der Waals surface area contributed by atoms with Crippen LogP contribution in [0.2, 0.25) is 0 Å². The van der Waals surface area contributed by atoms with E-state index < -0.39 is 0 Å². The molecular weight excluding hydrogens is 318 g/mol. The highest BCUT2D eigenvalue weighted by Crippen LogP contribution is 2.19. The molecule has 130 valence electrons. The molecule has 0 aliphatic rings. The number of nitrogens with zero attached hydrogens (tertiary/aromatic N) is 3. The summed E-state index contributed by atoms with van der Waals surface area (Å²) in [6.07, 6.45) is 0. The topological polar surface area (TPSA) is 52.6 Å². The number of guanidine groups is 1. The summed E-state index contributed by atoms with van der Waals surface area (Å²) >= 11 is 1.65. The Balaban J connectivity index is 1.89. The van der Waals surface area contributed by atoms with E-state index in [1.165, 1.54) is 5.56 Å². The summed E-state index contributed by atoms with van der Waals surface area (Å²) < 4.78 is 0. The van der Waals surface area contributed by atoms with E-state index in [9.17, 15) is 0 Å². The van der Waals surface area contributed by atoms with Gasteiger partial charge in [0.1, 0.15) is 0 Å². The Morgan fingerprint density at radius 2 is 1.96 bits per heavy atom. The average molecular weight is 346 g/mol. The Hall–Kier alpha value is -2.08. The lowest BCUT2D eigenvalue weighted by Gasteiger charge is -2.24. The number of anilines is 1. The number of hydrogen-bond acceptors (Lipinski definition) is 4. The summed E-state index contributed by atoms with van der Waals surface area (Å²) in [5.41, 5.74) is 2.35. The van der Waals surface area contributed by atoms with Crippen molar-refractivity contribution < 1.29 is 0 Å². The van der Waals surface area contributed by atoms with Crippen LogP contribution in [0.25, 0.3) is 0 Å². The first-order valence-electron chi connectivity index (χ1n) is 8.15. The van der Waals surface area contributed by atoms with Gasteiger partial charge in [-0.1, -0.05) is 37.3 Å². The number of aliphatic imine (C=N–C) groups is 1. The number of thiazole rings is 1. The molecule has 0 spiro atoms. The van der Waals surface area contributed by atoms with Gasteiger partial charge in [0.25, 0.3) is 0 Å². The minimum absolute atomic E-state index is 0.270. The maximum absolute atomic E-state index is 4.58. The molecule has 24 heavy (non-hydrogen) atoms. The lowest BCUT2D eigenvalue weighted by atomic mass is 9.94. The number of nitrogens with one attached hydrogen (secondary N) is 2. The predicted molar refractivity (Wildman–Crippen MR) is 104 cm³/mol. The number of hydrogen-bond donors (Lipinski definition) is 2. The van der Waals surface area contributed by atoms with Gasteiger partial charge in [0.2, 0.25) is 0 Å². The second-order valence-electron chi connectivity index (χ2n) is 6.07. The summed E-state index contributed by atoms with van der Waals surface area (Å²) in [5.74, 6) is 1.19. The predicted octanol–water partition coefficient (Wildman–Crippen LogP) is 3.07. The van der Waals surface area contributed by atoms with Crippen molar-refractivity contribution >= 4 is 22.4 Å². The first-order chi connectivity index (χ1) is 11.5. The molecule has 1 heterocycles. The average Bonchev–Trinajstić information content (AvgIpc) is 3.07. The fourth-order valence-corrected chi connectivity index (χ4v) is 3.10. The molecule has 0 aliphatic heterocycles. The first kappa shape index (κ1) is 18.3.